The van der Waals surface area contributed by atoms with Gasteiger partial charge in [-0.05, 0) is 61.9 Å². The molecule has 1 aliphatic rings. The Morgan fingerprint density at radius 1 is 1.25 bits per heavy atom. The van der Waals surface area contributed by atoms with Gasteiger partial charge in [-0.1, -0.05) is 34.6 Å². The molecule has 0 saturated heterocycles. The Kier molecular flexibility index (Phi) is 5.30. The SMILES string of the molecule is CCNCC1CCC(C)(C)CC1CC(C)C. The minimum atomic E-state index is 0.586. The minimum absolute atomic E-state index is 0.586. The van der Waals surface area contributed by atoms with Crippen molar-refractivity contribution in [1.29, 1.82) is 0 Å². The lowest BCUT2D eigenvalue weighted by Crippen LogP contribution is -2.36. The molecule has 16 heavy (non-hydrogen) atoms. The van der Waals surface area contributed by atoms with Gasteiger partial charge in [0.05, 0.1) is 0 Å². The first kappa shape index (κ1) is 14.0. The van der Waals surface area contributed by atoms with Crippen molar-refractivity contribution in [2.75, 3.05) is 13.1 Å². The smallest absolute Gasteiger partial charge is 0.00180 e. The van der Waals surface area contributed by atoms with Gasteiger partial charge in [0.1, 0.15) is 0 Å². The third kappa shape index (κ3) is 4.45. The molecule has 1 saturated carbocycles. The predicted molar refractivity (Wildman–Crippen MR) is 72.6 cm³/mol. The first-order chi connectivity index (χ1) is 7.44. The van der Waals surface area contributed by atoms with Crippen LogP contribution in [0.25, 0.3) is 0 Å². The van der Waals surface area contributed by atoms with Gasteiger partial charge in [-0.2, -0.15) is 0 Å². The van der Waals surface area contributed by atoms with Crippen LogP contribution in [0.1, 0.15) is 60.3 Å². The molecule has 0 spiro atoms. The summed E-state index contributed by atoms with van der Waals surface area (Å²) < 4.78 is 0. The van der Waals surface area contributed by atoms with Crippen molar-refractivity contribution < 1.29 is 0 Å². The summed E-state index contributed by atoms with van der Waals surface area (Å²) in [5, 5.41) is 3.55. The van der Waals surface area contributed by atoms with E-state index in [1.807, 2.05) is 0 Å². The Morgan fingerprint density at radius 3 is 2.50 bits per heavy atom. The molecule has 0 aromatic carbocycles. The van der Waals surface area contributed by atoms with Crippen molar-refractivity contribution in [2.45, 2.75) is 60.3 Å². The quantitative estimate of drug-likeness (QED) is 0.743. The highest BCUT2D eigenvalue weighted by Crippen LogP contribution is 2.43. The Bertz CT molecular complexity index is 196. The van der Waals surface area contributed by atoms with E-state index in [2.05, 4.69) is 39.9 Å². The van der Waals surface area contributed by atoms with Crippen LogP contribution in [0.5, 0.6) is 0 Å². The molecule has 2 unspecified atom stereocenters. The molecule has 0 radical (unpaired) electrons. The molecule has 1 nitrogen and oxygen atoms in total. The standard InChI is InChI=1S/C15H31N/c1-6-16-11-13-7-8-15(4,5)10-14(13)9-12(2)3/h12-14,16H,6-11H2,1-5H3. The first-order valence-electron chi connectivity index (χ1n) is 7.15. The summed E-state index contributed by atoms with van der Waals surface area (Å²) in [6.45, 7) is 14.2. The van der Waals surface area contributed by atoms with Gasteiger partial charge in [0.25, 0.3) is 0 Å². The molecule has 1 N–H and O–H groups in total. The number of nitrogens with one attached hydrogen (secondary N) is 1. The van der Waals surface area contributed by atoms with E-state index in [0.717, 1.165) is 24.3 Å². The fourth-order valence-corrected chi connectivity index (χ4v) is 3.27. The molecule has 0 aromatic heterocycles. The zero-order chi connectivity index (χ0) is 12.2. The van der Waals surface area contributed by atoms with Gasteiger partial charge in [0, 0.05) is 0 Å². The highest BCUT2D eigenvalue weighted by molar-refractivity contribution is 4.86. The van der Waals surface area contributed by atoms with Crippen LogP contribution in [0, 0.1) is 23.2 Å². The minimum Gasteiger partial charge on any atom is -0.317 e. The predicted octanol–water partition coefficient (Wildman–Crippen LogP) is 4.08. The first-order valence-corrected chi connectivity index (χ1v) is 7.15. The monoisotopic (exact) mass is 225 g/mol. The van der Waals surface area contributed by atoms with Crippen LogP contribution in [0.2, 0.25) is 0 Å². The third-order valence-electron chi connectivity index (χ3n) is 4.10. The molecule has 1 fully saturated rings. The normalized spacial score (nSPS) is 29.6. The maximum absolute atomic E-state index is 3.55. The lowest BCUT2D eigenvalue weighted by molar-refractivity contribution is 0.101. The van der Waals surface area contributed by atoms with Crippen LogP contribution in [0.4, 0.5) is 0 Å². The van der Waals surface area contributed by atoms with E-state index >= 15 is 0 Å². The van der Waals surface area contributed by atoms with E-state index in [1.165, 1.54) is 32.2 Å². The Balaban J connectivity index is 2.53. The van der Waals surface area contributed by atoms with Crippen molar-refractivity contribution in [1.82, 2.24) is 5.32 Å². The number of rotatable bonds is 5. The van der Waals surface area contributed by atoms with Crippen molar-refractivity contribution in [2.24, 2.45) is 23.2 Å². The molecule has 0 amide bonds. The third-order valence-corrected chi connectivity index (χ3v) is 4.10. The van der Waals surface area contributed by atoms with E-state index in [-0.39, 0.29) is 0 Å². The fourth-order valence-electron chi connectivity index (χ4n) is 3.27. The largest absolute Gasteiger partial charge is 0.317 e. The zero-order valence-corrected chi connectivity index (χ0v) is 12.0. The second-order valence-electron chi connectivity index (χ2n) is 6.86. The summed E-state index contributed by atoms with van der Waals surface area (Å²) in [6.07, 6.45) is 5.69. The second-order valence-corrected chi connectivity index (χ2v) is 6.86. The number of hydrogen-bond donors (Lipinski definition) is 1. The summed E-state index contributed by atoms with van der Waals surface area (Å²) in [4.78, 5) is 0. The van der Waals surface area contributed by atoms with Gasteiger partial charge in [-0.15, -0.1) is 0 Å². The van der Waals surface area contributed by atoms with E-state index in [4.69, 9.17) is 0 Å². The van der Waals surface area contributed by atoms with Crippen LogP contribution in [-0.4, -0.2) is 13.1 Å². The molecule has 1 heteroatoms. The second kappa shape index (κ2) is 6.05. The summed E-state index contributed by atoms with van der Waals surface area (Å²) in [5.74, 6) is 2.72. The molecule has 0 heterocycles. The summed E-state index contributed by atoms with van der Waals surface area (Å²) >= 11 is 0. The Hall–Kier alpha value is -0.0400. The highest BCUT2D eigenvalue weighted by Gasteiger charge is 2.34. The summed E-state index contributed by atoms with van der Waals surface area (Å²) in [6, 6.07) is 0. The number of hydrogen-bond acceptors (Lipinski definition) is 1. The topological polar surface area (TPSA) is 12.0 Å². The van der Waals surface area contributed by atoms with Gasteiger partial charge in [-0.25, -0.2) is 0 Å². The molecular formula is C15H31N. The van der Waals surface area contributed by atoms with Crippen LogP contribution in [0.15, 0.2) is 0 Å². The Morgan fingerprint density at radius 2 is 1.94 bits per heavy atom. The molecule has 2 atom stereocenters. The van der Waals surface area contributed by atoms with Gasteiger partial charge < -0.3 is 5.32 Å². The lowest BCUT2D eigenvalue weighted by Gasteiger charge is -2.41. The van der Waals surface area contributed by atoms with Crippen molar-refractivity contribution in [3.63, 3.8) is 0 Å². The molecule has 96 valence electrons. The maximum Gasteiger partial charge on any atom is -0.00180 e. The molecule has 0 bridgehead atoms. The average Bonchev–Trinajstić information content (AvgIpc) is 2.14. The van der Waals surface area contributed by atoms with E-state index in [9.17, 15) is 0 Å². The van der Waals surface area contributed by atoms with Gasteiger partial charge in [-0.3, -0.25) is 0 Å². The van der Waals surface area contributed by atoms with E-state index < -0.39 is 0 Å². The fraction of sp³-hybridized carbons (Fsp3) is 1.00. The highest BCUT2D eigenvalue weighted by atomic mass is 14.8. The molecular weight excluding hydrogens is 194 g/mol. The van der Waals surface area contributed by atoms with Gasteiger partial charge >= 0.3 is 0 Å². The van der Waals surface area contributed by atoms with E-state index in [1.54, 1.807) is 0 Å². The van der Waals surface area contributed by atoms with Crippen LogP contribution < -0.4 is 5.32 Å². The Labute approximate surface area is 102 Å². The van der Waals surface area contributed by atoms with Crippen molar-refractivity contribution in [3.05, 3.63) is 0 Å². The van der Waals surface area contributed by atoms with Gasteiger partial charge in [0.15, 0.2) is 0 Å². The van der Waals surface area contributed by atoms with Crippen LogP contribution in [-0.2, 0) is 0 Å². The summed E-state index contributed by atoms with van der Waals surface area (Å²) in [5.41, 5.74) is 0.586. The maximum atomic E-state index is 3.55. The van der Waals surface area contributed by atoms with Crippen LogP contribution >= 0.6 is 0 Å². The van der Waals surface area contributed by atoms with Crippen LogP contribution in [0.3, 0.4) is 0 Å². The zero-order valence-electron chi connectivity index (χ0n) is 12.0. The molecule has 0 aromatic rings. The lowest BCUT2D eigenvalue weighted by atomic mass is 9.65. The van der Waals surface area contributed by atoms with Crippen molar-refractivity contribution >= 4 is 0 Å². The average molecular weight is 225 g/mol. The molecule has 1 rings (SSSR count). The van der Waals surface area contributed by atoms with Crippen molar-refractivity contribution in [3.8, 4) is 0 Å². The van der Waals surface area contributed by atoms with E-state index in [0.29, 0.717) is 5.41 Å². The molecule has 0 aliphatic heterocycles. The van der Waals surface area contributed by atoms with Gasteiger partial charge in [0.2, 0.25) is 0 Å². The summed E-state index contributed by atoms with van der Waals surface area (Å²) in [7, 11) is 0. The molecule has 1 aliphatic carbocycles.